The van der Waals surface area contributed by atoms with Gasteiger partial charge < -0.3 is 15.3 Å². The Balaban J connectivity index is 2.16. The molecule has 1 aliphatic heterocycles. The number of para-hydroxylation sites is 1. The molecule has 1 aliphatic rings. The van der Waals surface area contributed by atoms with Crippen LogP contribution in [0.15, 0.2) is 24.3 Å². The number of carbonyl (C=O) groups excluding carboxylic acids is 1. The molecule has 1 heterocycles. The van der Waals surface area contributed by atoms with Crippen LogP contribution in [0.5, 0.6) is 0 Å². The highest BCUT2D eigenvalue weighted by Gasteiger charge is 2.23. The van der Waals surface area contributed by atoms with E-state index in [1.807, 2.05) is 32.0 Å². The Morgan fingerprint density at radius 3 is 2.45 bits per heavy atom. The van der Waals surface area contributed by atoms with Gasteiger partial charge in [0.05, 0.1) is 12.0 Å². The minimum absolute atomic E-state index is 0.0602. The van der Waals surface area contributed by atoms with E-state index in [2.05, 4.69) is 10.2 Å². The van der Waals surface area contributed by atoms with Crippen LogP contribution in [0.3, 0.4) is 0 Å². The molecule has 1 atom stereocenters. The van der Waals surface area contributed by atoms with Crippen LogP contribution < -0.4 is 10.2 Å². The molecule has 2 rings (SSSR count). The molecule has 1 amide bonds. The van der Waals surface area contributed by atoms with E-state index in [1.165, 1.54) is 0 Å². The quantitative estimate of drug-likeness (QED) is 0.847. The highest BCUT2D eigenvalue weighted by atomic mass is 16.4. The zero-order chi connectivity index (χ0) is 16.1. The summed E-state index contributed by atoms with van der Waals surface area (Å²) in [6.45, 7) is 5.76. The molecule has 22 heavy (non-hydrogen) atoms. The first-order chi connectivity index (χ1) is 10.5. The summed E-state index contributed by atoms with van der Waals surface area (Å²) in [6, 6.07) is 7.18. The van der Waals surface area contributed by atoms with Gasteiger partial charge in [0.1, 0.15) is 0 Å². The average Bonchev–Trinajstić information content (AvgIpc) is 3.00. The fraction of sp³-hybridized carbons (Fsp3) is 0.529. The van der Waals surface area contributed by atoms with Gasteiger partial charge in [-0.1, -0.05) is 26.0 Å². The van der Waals surface area contributed by atoms with Gasteiger partial charge in [0.2, 0.25) is 0 Å². The number of rotatable bonds is 6. The van der Waals surface area contributed by atoms with Crippen molar-refractivity contribution in [3.8, 4) is 0 Å². The van der Waals surface area contributed by atoms with E-state index in [9.17, 15) is 9.59 Å². The van der Waals surface area contributed by atoms with Gasteiger partial charge in [-0.05, 0) is 30.9 Å². The van der Waals surface area contributed by atoms with Crippen molar-refractivity contribution in [3.05, 3.63) is 29.8 Å². The molecule has 120 valence electrons. The molecule has 1 aromatic rings. The number of aliphatic carboxylic acids is 1. The molecule has 5 heteroatoms. The van der Waals surface area contributed by atoms with Crippen LogP contribution in [0.4, 0.5) is 5.69 Å². The number of carboxylic acids is 1. The summed E-state index contributed by atoms with van der Waals surface area (Å²) in [4.78, 5) is 25.8. The standard InChI is InChI=1S/C17H24N2O3/c1-12(2)14(11-16(20)21)18-17(22)13-7-3-4-8-15(13)19-9-5-6-10-19/h3-4,7-8,12,14H,5-6,9-11H2,1-2H3,(H,18,22)(H,20,21)/t14-/m0/s1. The molecule has 0 unspecified atom stereocenters. The number of nitrogens with one attached hydrogen (secondary N) is 1. The first-order valence-corrected chi connectivity index (χ1v) is 7.85. The van der Waals surface area contributed by atoms with Crippen molar-refractivity contribution in [2.45, 2.75) is 39.2 Å². The fourth-order valence-corrected chi connectivity index (χ4v) is 2.79. The largest absolute Gasteiger partial charge is 0.481 e. The highest BCUT2D eigenvalue weighted by molar-refractivity contribution is 6.00. The summed E-state index contributed by atoms with van der Waals surface area (Å²) in [7, 11) is 0. The second-order valence-electron chi connectivity index (χ2n) is 6.13. The lowest BCUT2D eigenvalue weighted by molar-refractivity contribution is -0.137. The number of carbonyl (C=O) groups is 2. The summed E-state index contributed by atoms with van der Waals surface area (Å²) < 4.78 is 0. The predicted molar refractivity (Wildman–Crippen MR) is 86.2 cm³/mol. The monoisotopic (exact) mass is 304 g/mol. The Morgan fingerprint density at radius 2 is 1.86 bits per heavy atom. The maximum Gasteiger partial charge on any atom is 0.305 e. The van der Waals surface area contributed by atoms with Gasteiger partial charge in [-0.25, -0.2) is 0 Å². The highest BCUT2D eigenvalue weighted by Crippen LogP contribution is 2.24. The number of benzene rings is 1. The van der Waals surface area contributed by atoms with Crippen LogP contribution in [-0.4, -0.2) is 36.1 Å². The molecule has 2 N–H and O–H groups in total. The van der Waals surface area contributed by atoms with Crippen LogP contribution in [0.2, 0.25) is 0 Å². The molecule has 0 radical (unpaired) electrons. The number of hydrogen-bond donors (Lipinski definition) is 2. The van der Waals surface area contributed by atoms with Crippen LogP contribution in [0.1, 0.15) is 43.5 Å². The Hall–Kier alpha value is -2.04. The Bertz CT molecular complexity index is 536. The lowest BCUT2D eigenvalue weighted by Gasteiger charge is -2.24. The summed E-state index contributed by atoms with van der Waals surface area (Å²) in [5.74, 6) is -1.02. The minimum atomic E-state index is -0.896. The van der Waals surface area contributed by atoms with E-state index in [1.54, 1.807) is 6.07 Å². The van der Waals surface area contributed by atoms with Gasteiger partial charge in [0, 0.05) is 24.8 Å². The normalized spacial score (nSPS) is 15.9. The van der Waals surface area contributed by atoms with Gasteiger partial charge >= 0.3 is 5.97 Å². The van der Waals surface area contributed by atoms with Crippen molar-refractivity contribution in [1.82, 2.24) is 5.32 Å². The Morgan fingerprint density at radius 1 is 1.23 bits per heavy atom. The number of anilines is 1. The van der Waals surface area contributed by atoms with E-state index < -0.39 is 5.97 Å². The molecule has 1 fully saturated rings. The zero-order valence-corrected chi connectivity index (χ0v) is 13.2. The van der Waals surface area contributed by atoms with Gasteiger partial charge in [-0.3, -0.25) is 9.59 Å². The number of carboxylic acid groups (broad SMARTS) is 1. The number of nitrogens with zero attached hydrogens (tertiary/aromatic N) is 1. The van der Waals surface area contributed by atoms with Gasteiger partial charge in [-0.15, -0.1) is 0 Å². The Kier molecular flexibility index (Phi) is 5.41. The molecule has 0 saturated carbocycles. The molecule has 0 bridgehead atoms. The molecule has 5 nitrogen and oxygen atoms in total. The molecular formula is C17H24N2O3. The summed E-state index contributed by atoms with van der Waals surface area (Å²) in [6.07, 6.45) is 2.22. The smallest absolute Gasteiger partial charge is 0.305 e. The van der Waals surface area contributed by atoms with Gasteiger partial charge in [-0.2, -0.15) is 0 Å². The van der Waals surface area contributed by atoms with Crippen molar-refractivity contribution < 1.29 is 14.7 Å². The van der Waals surface area contributed by atoms with Crippen LogP contribution in [-0.2, 0) is 4.79 Å². The van der Waals surface area contributed by atoms with Crippen LogP contribution in [0, 0.1) is 5.92 Å². The molecule has 1 saturated heterocycles. The summed E-state index contributed by atoms with van der Waals surface area (Å²) in [5, 5.41) is 11.9. The first-order valence-electron chi connectivity index (χ1n) is 7.85. The van der Waals surface area contributed by atoms with Crippen LogP contribution >= 0.6 is 0 Å². The first kappa shape index (κ1) is 16.3. The van der Waals surface area contributed by atoms with Crippen molar-refractivity contribution >= 4 is 17.6 Å². The van der Waals surface area contributed by atoms with Crippen LogP contribution in [0.25, 0.3) is 0 Å². The number of amides is 1. The zero-order valence-electron chi connectivity index (χ0n) is 13.2. The number of hydrogen-bond acceptors (Lipinski definition) is 3. The van der Waals surface area contributed by atoms with Gasteiger partial charge in [0.25, 0.3) is 5.91 Å². The Labute approximate surface area is 131 Å². The topological polar surface area (TPSA) is 69.6 Å². The molecule has 0 aliphatic carbocycles. The summed E-state index contributed by atoms with van der Waals surface area (Å²) >= 11 is 0. The van der Waals surface area contributed by atoms with Crippen molar-refractivity contribution in [3.63, 3.8) is 0 Å². The second kappa shape index (κ2) is 7.29. The van der Waals surface area contributed by atoms with E-state index >= 15 is 0 Å². The van der Waals surface area contributed by atoms with E-state index in [4.69, 9.17) is 5.11 Å². The fourth-order valence-electron chi connectivity index (χ4n) is 2.79. The maximum atomic E-state index is 12.6. The van der Waals surface area contributed by atoms with E-state index in [0.717, 1.165) is 31.6 Å². The lowest BCUT2D eigenvalue weighted by Crippen LogP contribution is -2.40. The molecule has 1 aromatic carbocycles. The SMILES string of the molecule is CC(C)[C@H](CC(=O)O)NC(=O)c1ccccc1N1CCCC1. The predicted octanol–water partition coefficient (Wildman–Crippen LogP) is 2.52. The maximum absolute atomic E-state index is 12.6. The van der Waals surface area contributed by atoms with Crippen molar-refractivity contribution in [1.29, 1.82) is 0 Å². The second-order valence-corrected chi connectivity index (χ2v) is 6.13. The third-order valence-corrected chi connectivity index (χ3v) is 4.11. The molecular weight excluding hydrogens is 280 g/mol. The van der Waals surface area contributed by atoms with E-state index in [0.29, 0.717) is 5.56 Å². The van der Waals surface area contributed by atoms with Gasteiger partial charge in [0.15, 0.2) is 0 Å². The van der Waals surface area contributed by atoms with Crippen molar-refractivity contribution in [2.75, 3.05) is 18.0 Å². The molecule has 0 spiro atoms. The van der Waals surface area contributed by atoms with Crippen molar-refractivity contribution in [2.24, 2.45) is 5.92 Å². The minimum Gasteiger partial charge on any atom is -0.481 e. The molecule has 0 aromatic heterocycles. The lowest BCUT2D eigenvalue weighted by atomic mass is 10.00. The average molecular weight is 304 g/mol. The summed E-state index contributed by atoms with van der Waals surface area (Å²) in [5.41, 5.74) is 1.57. The third-order valence-electron chi connectivity index (χ3n) is 4.11. The van der Waals surface area contributed by atoms with E-state index in [-0.39, 0.29) is 24.3 Å². The third kappa shape index (κ3) is 4.00.